The molecule has 0 unspecified atom stereocenters. The van der Waals surface area contributed by atoms with Gasteiger partial charge in [0.05, 0.1) is 23.8 Å². The van der Waals surface area contributed by atoms with Crippen LogP contribution in [0, 0.1) is 6.92 Å². The molecular weight excluding hydrogens is 586 g/mol. The molecule has 3 amide bonds. The predicted molar refractivity (Wildman–Crippen MR) is 163 cm³/mol. The summed E-state index contributed by atoms with van der Waals surface area (Å²) in [7, 11) is 1.81. The number of aryl methyl sites for hydroxylation is 2. The quantitative estimate of drug-likeness (QED) is 0.323. The average Bonchev–Trinajstić information content (AvgIpc) is 3.30. The van der Waals surface area contributed by atoms with Gasteiger partial charge >= 0.3 is 6.09 Å². The monoisotopic (exact) mass is 625 g/mol. The summed E-state index contributed by atoms with van der Waals surface area (Å²) in [4.78, 5) is 63.2. The number of thiophene rings is 1. The number of ketones is 1. The molecule has 2 aliphatic rings. The fourth-order valence-corrected chi connectivity index (χ4v) is 5.89. The molecule has 14 heteroatoms. The Hall–Kier alpha value is -4.07. The zero-order valence-corrected chi connectivity index (χ0v) is 26.7. The number of fused-ring (bicyclic) bond motifs is 1. The molecule has 1 aliphatic carbocycles. The van der Waals surface area contributed by atoms with Gasteiger partial charge in [-0.3, -0.25) is 24.0 Å². The molecule has 2 N–H and O–H groups in total. The van der Waals surface area contributed by atoms with Gasteiger partial charge in [-0.15, -0.1) is 11.3 Å². The van der Waals surface area contributed by atoms with E-state index in [9.17, 15) is 19.2 Å². The molecule has 13 nitrogen and oxygen atoms in total. The molecule has 0 spiro atoms. The molecule has 3 aromatic rings. The Balaban J connectivity index is 1.39. The number of hydrogen-bond donors (Lipinski definition) is 2. The van der Waals surface area contributed by atoms with Crippen molar-refractivity contribution in [1.29, 1.82) is 0 Å². The first-order valence-corrected chi connectivity index (χ1v) is 15.8. The average molecular weight is 626 g/mol. The van der Waals surface area contributed by atoms with Crippen LogP contribution < -0.4 is 15.4 Å². The second-order valence-electron chi connectivity index (χ2n) is 12.4. The van der Waals surface area contributed by atoms with E-state index in [4.69, 9.17) is 14.5 Å². The highest BCUT2D eigenvalue weighted by Crippen LogP contribution is 2.33. The first-order valence-electron chi connectivity index (χ1n) is 14.9. The van der Waals surface area contributed by atoms with Crippen molar-refractivity contribution in [3.63, 3.8) is 0 Å². The van der Waals surface area contributed by atoms with Gasteiger partial charge in [0.1, 0.15) is 28.1 Å². The zero-order chi connectivity index (χ0) is 31.8. The third kappa shape index (κ3) is 7.17. The summed E-state index contributed by atoms with van der Waals surface area (Å²) in [6, 6.07) is 1.77. The van der Waals surface area contributed by atoms with Crippen molar-refractivity contribution < 1.29 is 28.7 Å². The molecule has 236 valence electrons. The van der Waals surface area contributed by atoms with Crippen LogP contribution in [0.4, 0.5) is 4.79 Å². The van der Waals surface area contributed by atoms with Crippen LogP contribution in [-0.2, 0) is 26.2 Å². The number of Topliss-reactive ketones (excluding diaryl/α,β-unsaturated/α-hetero) is 1. The number of ether oxygens (including phenoxy) is 2. The molecule has 4 heterocycles. The van der Waals surface area contributed by atoms with Crippen molar-refractivity contribution in [3.05, 3.63) is 23.2 Å². The number of nitrogens with zero attached hydrogens (tertiary/aromatic N) is 5. The first-order chi connectivity index (χ1) is 20.8. The van der Waals surface area contributed by atoms with Gasteiger partial charge in [-0.25, -0.2) is 9.78 Å². The van der Waals surface area contributed by atoms with Crippen LogP contribution in [0.1, 0.15) is 65.5 Å². The molecule has 3 atom stereocenters. The fraction of sp³-hybridized carbons (Fsp3) is 0.567. The standard InChI is InChI=1S/C30H39N7O6S/c1-7-8-19(23(38)27(40)31-17-9-10-17)33-26(39)22-14-18(15-37(22)29(41)43-30(3,4)5)42-28-24-20(11-12-44-24)32-25(34-28)21-13-16(2)35-36(21)6/h11-13,17-19,22H,7-10,14-15H2,1-6H3,(H,31,40)(H,33,39)/t18-,19+,22+/m1/s1. The normalized spacial score (nSPS) is 19.1. The van der Waals surface area contributed by atoms with E-state index in [0.717, 1.165) is 28.9 Å². The Labute approximate surface area is 259 Å². The topological polar surface area (TPSA) is 158 Å². The minimum absolute atomic E-state index is 0.0128. The molecule has 44 heavy (non-hydrogen) atoms. The van der Waals surface area contributed by atoms with E-state index in [-0.39, 0.29) is 25.4 Å². The molecule has 1 saturated heterocycles. The van der Waals surface area contributed by atoms with Crippen LogP contribution in [-0.4, -0.2) is 84.7 Å². The second-order valence-corrected chi connectivity index (χ2v) is 13.3. The number of amides is 3. The molecule has 2 fully saturated rings. The summed E-state index contributed by atoms with van der Waals surface area (Å²) in [6.45, 7) is 9.04. The highest BCUT2D eigenvalue weighted by molar-refractivity contribution is 7.17. The summed E-state index contributed by atoms with van der Waals surface area (Å²) >= 11 is 1.43. The summed E-state index contributed by atoms with van der Waals surface area (Å²) in [5.74, 6) is -1.17. The summed E-state index contributed by atoms with van der Waals surface area (Å²) in [6.07, 6.45) is 1.37. The molecule has 1 saturated carbocycles. The van der Waals surface area contributed by atoms with Crippen molar-refractivity contribution >= 4 is 45.2 Å². The van der Waals surface area contributed by atoms with Gasteiger partial charge in [-0.2, -0.15) is 10.1 Å². The molecule has 5 rings (SSSR count). The lowest BCUT2D eigenvalue weighted by molar-refractivity contribution is -0.140. The predicted octanol–water partition coefficient (Wildman–Crippen LogP) is 3.29. The molecule has 0 aromatic carbocycles. The van der Waals surface area contributed by atoms with Crippen LogP contribution in [0.5, 0.6) is 5.88 Å². The van der Waals surface area contributed by atoms with Crippen molar-refractivity contribution in [3.8, 4) is 17.4 Å². The second kappa shape index (κ2) is 12.5. The lowest BCUT2D eigenvalue weighted by Gasteiger charge is -2.28. The molecule has 0 radical (unpaired) electrons. The van der Waals surface area contributed by atoms with Gasteiger partial charge in [0, 0.05) is 19.5 Å². The maximum Gasteiger partial charge on any atom is 0.411 e. The van der Waals surface area contributed by atoms with Crippen molar-refractivity contribution in [2.75, 3.05) is 6.54 Å². The van der Waals surface area contributed by atoms with Gasteiger partial charge in [-0.05, 0) is 64.5 Å². The Kier molecular flexibility index (Phi) is 8.91. The minimum Gasteiger partial charge on any atom is -0.471 e. The maximum absolute atomic E-state index is 13.7. The third-order valence-corrected chi connectivity index (χ3v) is 8.21. The molecule has 1 aliphatic heterocycles. The van der Waals surface area contributed by atoms with Crippen molar-refractivity contribution in [2.45, 2.75) is 96.6 Å². The first kappa shape index (κ1) is 31.4. The van der Waals surface area contributed by atoms with E-state index in [1.165, 1.54) is 16.2 Å². The zero-order valence-electron chi connectivity index (χ0n) is 25.9. The van der Waals surface area contributed by atoms with Gasteiger partial charge in [-0.1, -0.05) is 13.3 Å². The number of carbonyl (C=O) groups is 4. The number of carbonyl (C=O) groups excluding carboxylic acids is 4. The lowest BCUT2D eigenvalue weighted by Crippen LogP contribution is -2.53. The number of nitrogens with one attached hydrogen (secondary N) is 2. The fourth-order valence-electron chi connectivity index (χ4n) is 5.13. The Morgan fingerprint density at radius 1 is 1.18 bits per heavy atom. The van der Waals surface area contributed by atoms with Crippen LogP contribution in [0.15, 0.2) is 17.5 Å². The number of aromatic nitrogens is 4. The highest BCUT2D eigenvalue weighted by Gasteiger charge is 2.44. The highest BCUT2D eigenvalue weighted by atomic mass is 32.1. The van der Waals surface area contributed by atoms with Crippen molar-refractivity contribution in [1.82, 2.24) is 35.3 Å². The number of rotatable bonds is 10. The van der Waals surface area contributed by atoms with Gasteiger partial charge in [0.2, 0.25) is 17.6 Å². The van der Waals surface area contributed by atoms with E-state index < -0.39 is 47.5 Å². The Morgan fingerprint density at radius 2 is 1.93 bits per heavy atom. The van der Waals surface area contributed by atoms with E-state index in [1.807, 2.05) is 38.4 Å². The largest absolute Gasteiger partial charge is 0.471 e. The van der Waals surface area contributed by atoms with Crippen LogP contribution in [0.3, 0.4) is 0 Å². The molecule has 3 aromatic heterocycles. The third-order valence-electron chi connectivity index (χ3n) is 7.32. The lowest BCUT2D eigenvalue weighted by atomic mass is 10.1. The van der Waals surface area contributed by atoms with Gasteiger partial charge < -0.3 is 20.1 Å². The molecular formula is C30H39N7O6S. The van der Waals surface area contributed by atoms with Crippen LogP contribution in [0.25, 0.3) is 21.7 Å². The van der Waals surface area contributed by atoms with Gasteiger partial charge in [0.25, 0.3) is 5.91 Å². The number of hydrogen-bond acceptors (Lipinski definition) is 10. The van der Waals surface area contributed by atoms with E-state index in [0.29, 0.717) is 23.6 Å². The molecule has 0 bridgehead atoms. The number of likely N-dealkylation sites (tertiary alicyclic amines) is 1. The van der Waals surface area contributed by atoms with Gasteiger partial charge in [0.15, 0.2) is 5.82 Å². The van der Waals surface area contributed by atoms with Crippen LogP contribution >= 0.6 is 11.3 Å². The van der Waals surface area contributed by atoms with Crippen molar-refractivity contribution in [2.24, 2.45) is 7.05 Å². The van der Waals surface area contributed by atoms with Crippen LogP contribution in [0.2, 0.25) is 0 Å². The Morgan fingerprint density at radius 3 is 2.57 bits per heavy atom. The summed E-state index contributed by atoms with van der Waals surface area (Å²) < 4.78 is 14.5. The smallest absolute Gasteiger partial charge is 0.411 e. The maximum atomic E-state index is 13.7. The Bertz CT molecular complexity index is 1570. The summed E-state index contributed by atoms with van der Waals surface area (Å²) in [5, 5.41) is 11.7. The van der Waals surface area contributed by atoms with E-state index in [2.05, 4.69) is 20.7 Å². The summed E-state index contributed by atoms with van der Waals surface area (Å²) in [5.41, 5.74) is 1.44. The minimum atomic E-state index is -1.01. The van der Waals surface area contributed by atoms with E-state index >= 15 is 0 Å². The SMILES string of the molecule is CCC[C@H](NC(=O)[C@@H]1C[C@@H](Oc2nc(-c3cc(C)nn3C)nc3ccsc23)CN1C(=O)OC(C)(C)C)C(=O)C(=O)NC1CC1. The van der Waals surface area contributed by atoms with E-state index in [1.54, 1.807) is 25.5 Å².